The van der Waals surface area contributed by atoms with E-state index in [2.05, 4.69) is 5.32 Å². The second-order valence-corrected chi connectivity index (χ2v) is 5.99. The molecule has 0 aliphatic heterocycles. The van der Waals surface area contributed by atoms with E-state index in [9.17, 15) is 17.6 Å². The summed E-state index contributed by atoms with van der Waals surface area (Å²) in [5.74, 6) is -1.34. The Morgan fingerprint density at radius 2 is 2.10 bits per heavy atom. The molecular formula is C12H17FN2O4S. The summed E-state index contributed by atoms with van der Waals surface area (Å²) in [6.07, 6.45) is 0.367. The van der Waals surface area contributed by atoms with Gasteiger partial charge in [-0.15, -0.1) is 0 Å². The number of halogens is 1. The van der Waals surface area contributed by atoms with Crippen LogP contribution >= 0.6 is 0 Å². The Labute approximate surface area is 117 Å². The number of nitrogens with one attached hydrogen (secondary N) is 1. The van der Waals surface area contributed by atoms with Crippen LogP contribution in [-0.4, -0.2) is 27.0 Å². The second kappa shape index (κ2) is 5.86. The number of anilines is 1. The number of hydrogen-bond donors (Lipinski definition) is 2. The first-order valence-electron chi connectivity index (χ1n) is 5.83. The van der Waals surface area contributed by atoms with Gasteiger partial charge in [0.15, 0.2) is 0 Å². The Kier molecular flexibility index (Phi) is 4.85. The van der Waals surface area contributed by atoms with Crippen molar-refractivity contribution in [1.29, 1.82) is 0 Å². The molecule has 0 fully saturated rings. The molecule has 1 rings (SSSR count). The normalized spacial score (nSPS) is 14.7. The smallest absolute Gasteiger partial charge is 0.256 e. The third kappa shape index (κ3) is 3.53. The number of rotatable bonds is 5. The maximum absolute atomic E-state index is 13.6. The summed E-state index contributed by atoms with van der Waals surface area (Å²) in [6.45, 7) is 3.28. The first kappa shape index (κ1) is 16.5. The van der Waals surface area contributed by atoms with Gasteiger partial charge in [-0.1, -0.05) is 6.92 Å². The fourth-order valence-corrected chi connectivity index (χ4v) is 1.97. The molecule has 0 aliphatic rings. The number of sulfonamides is 1. The molecule has 0 aliphatic carbocycles. The third-order valence-electron chi connectivity index (χ3n) is 3.12. The molecule has 1 atom stereocenters. The van der Waals surface area contributed by atoms with Crippen molar-refractivity contribution >= 4 is 21.6 Å². The predicted octanol–water partition coefficient (Wildman–Crippen LogP) is 1.23. The number of benzene rings is 1. The highest BCUT2D eigenvalue weighted by Gasteiger charge is 2.31. The summed E-state index contributed by atoms with van der Waals surface area (Å²) in [5, 5.41) is 7.26. The molecule has 0 bridgehead atoms. The Balaban J connectivity index is 3.13. The number of carbonyl (C=O) groups is 1. The first-order valence-corrected chi connectivity index (χ1v) is 7.37. The van der Waals surface area contributed by atoms with Crippen molar-refractivity contribution in [2.75, 3.05) is 12.4 Å². The molecule has 0 aromatic heterocycles. The molecule has 1 aromatic carbocycles. The molecule has 1 aromatic rings. The molecule has 0 spiro atoms. The molecule has 1 unspecified atom stereocenters. The van der Waals surface area contributed by atoms with Crippen molar-refractivity contribution in [3.63, 3.8) is 0 Å². The predicted molar refractivity (Wildman–Crippen MR) is 72.1 cm³/mol. The second-order valence-electron chi connectivity index (χ2n) is 4.43. The van der Waals surface area contributed by atoms with Crippen LogP contribution in [0.4, 0.5) is 10.1 Å². The van der Waals surface area contributed by atoms with Crippen LogP contribution in [0.1, 0.15) is 20.3 Å². The maximum atomic E-state index is 13.6. The lowest BCUT2D eigenvalue weighted by molar-refractivity contribution is -0.136. The Morgan fingerprint density at radius 3 is 2.55 bits per heavy atom. The Morgan fingerprint density at radius 1 is 1.50 bits per heavy atom. The minimum absolute atomic E-state index is 0.266. The average Bonchev–Trinajstić information content (AvgIpc) is 2.38. The van der Waals surface area contributed by atoms with Crippen LogP contribution in [-0.2, 0) is 19.6 Å². The van der Waals surface area contributed by atoms with Gasteiger partial charge in [0.25, 0.3) is 5.91 Å². The quantitative estimate of drug-likeness (QED) is 0.854. The highest BCUT2D eigenvalue weighted by Crippen LogP contribution is 2.22. The summed E-state index contributed by atoms with van der Waals surface area (Å²) >= 11 is 0. The molecule has 0 saturated heterocycles. The van der Waals surface area contributed by atoms with E-state index in [-0.39, 0.29) is 10.6 Å². The SMILES string of the molecule is CCC(C)(OC)C(=O)Nc1cc(S(N)(=O)=O)ccc1F. The minimum atomic E-state index is -3.97. The van der Waals surface area contributed by atoms with Gasteiger partial charge >= 0.3 is 0 Å². The number of amides is 1. The molecule has 20 heavy (non-hydrogen) atoms. The maximum Gasteiger partial charge on any atom is 0.256 e. The zero-order chi connectivity index (χ0) is 15.6. The standard InChI is InChI=1S/C12H17FN2O4S/c1-4-12(2,19-3)11(16)15-10-7-8(20(14,17)18)5-6-9(10)13/h5-7H,4H2,1-3H3,(H,15,16)(H2,14,17,18). The van der Waals surface area contributed by atoms with Gasteiger partial charge in [0, 0.05) is 7.11 Å². The van der Waals surface area contributed by atoms with E-state index in [0.717, 1.165) is 18.2 Å². The number of primary sulfonamides is 1. The van der Waals surface area contributed by atoms with Gasteiger partial charge in [-0.05, 0) is 31.5 Å². The molecule has 1 amide bonds. The zero-order valence-electron chi connectivity index (χ0n) is 11.4. The Bertz CT molecular complexity index is 612. The van der Waals surface area contributed by atoms with E-state index >= 15 is 0 Å². The van der Waals surface area contributed by atoms with E-state index in [1.807, 2.05) is 0 Å². The number of methoxy groups -OCH3 is 1. The van der Waals surface area contributed by atoms with Crippen LogP contribution in [0.15, 0.2) is 23.1 Å². The van der Waals surface area contributed by atoms with Crippen LogP contribution in [0.2, 0.25) is 0 Å². The van der Waals surface area contributed by atoms with Crippen molar-refractivity contribution in [3.05, 3.63) is 24.0 Å². The molecule has 0 radical (unpaired) electrons. The minimum Gasteiger partial charge on any atom is -0.369 e. The van der Waals surface area contributed by atoms with Gasteiger partial charge in [0.1, 0.15) is 11.4 Å². The topological polar surface area (TPSA) is 98.5 Å². The number of nitrogens with two attached hydrogens (primary N) is 1. The van der Waals surface area contributed by atoms with Gasteiger partial charge in [-0.25, -0.2) is 17.9 Å². The van der Waals surface area contributed by atoms with E-state index in [0.29, 0.717) is 6.42 Å². The molecule has 3 N–H and O–H groups in total. The molecule has 6 nitrogen and oxygen atoms in total. The van der Waals surface area contributed by atoms with Crippen LogP contribution in [0, 0.1) is 5.82 Å². The molecule has 0 saturated carbocycles. The average molecular weight is 304 g/mol. The number of ether oxygens (including phenoxy) is 1. The van der Waals surface area contributed by atoms with Crippen molar-refractivity contribution in [1.82, 2.24) is 0 Å². The Hall–Kier alpha value is -1.51. The van der Waals surface area contributed by atoms with Crippen molar-refractivity contribution in [2.24, 2.45) is 5.14 Å². The van der Waals surface area contributed by atoms with E-state index in [1.54, 1.807) is 13.8 Å². The van der Waals surface area contributed by atoms with E-state index in [4.69, 9.17) is 9.88 Å². The lowest BCUT2D eigenvalue weighted by Gasteiger charge is -2.25. The van der Waals surface area contributed by atoms with Gasteiger partial charge in [0.2, 0.25) is 10.0 Å². The highest BCUT2D eigenvalue weighted by atomic mass is 32.2. The summed E-state index contributed by atoms with van der Waals surface area (Å²) in [6, 6.07) is 2.91. The van der Waals surface area contributed by atoms with Crippen LogP contribution in [0.3, 0.4) is 0 Å². The van der Waals surface area contributed by atoms with Gasteiger partial charge in [0.05, 0.1) is 10.6 Å². The monoisotopic (exact) mass is 304 g/mol. The first-order chi connectivity index (χ1) is 9.14. The highest BCUT2D eigenvalue weighted by molar-refractivity contribution is 7.89. The van der Waals surface area contributed by atoms with Crippen LogP contribution in [0.5, 0.6) is 0 Å². The van der Waals surface area contributed by atoms with Crippen molar-refractivity contribution < 1.29 is 22.3 Å². The molecule has 112 valence electrons. The lowest BCUT2D eigenvalue weighted by atomic mass is 10.0. The lowest BCUT2D eigenvalue weighted by Crippen LogP contribution is -2.41. The van der Waals surface area contributed by atoms with Crippen molar-refractivity contribution in [3.8, 4) is 0 Å². The summed E-state index contributed by atoms with van der Waals surface area (Å²) in [7, 11) is -2.61. The molecular weight excluding hydrogens is 287 g/mol. The van der Waals surface area contributed by atoms with Gasteiger partial charge in [-0.2, -0.15) is 0 Å². The zero-order valence-corrected chi connectivity index (χ0v) is 12.3. The summed E-state index contributed by atoms with van der Waals surface area (Å²) < 4.78 is 41.1. The number of carbonyl (C=O) groups excluding carboxylic acids is 1. The molecule has 0 heterocycles. The van der Waals surface area contributed by atoms with Crippen molar-refractivity contribution in [2.45, 2.75) is 30.8 Å². The summed E-state index contributed by atoms with van der Waals surface area (Å²) in [4.78, 5) is 11.7. The molecule has 8 heteroatoms. The third-order valence-corrected chi connectivity index (χ3v) is 4.03. The largest absolute Gasteiger partial charge is 0.369 e. The van der Waals surface area contributed by atoms with Gasteiger partial charge < -0.3 is 10.1 Å². The fourth-order valence-electron chi connectivity index (χ4n) is 1.43. The fraction of sp³-hybridized carbons (Fsp3) is 0.417. The number of hydrogen-bond acceptors (Lipinski definition) is 4. The van der Waals surface area contributed by atoms with Crippen LogP contribution in [0.25, 0.3) is 0 Å². The van der Waals surface area contributed by atoms with Gasteiger partial charge in [-0.3, -0.25) is 4.79 Å². The van der Waals surface area contributed by atoms with Crippen LogP contribution < -0.4 is 10.5 Å². The summed E-state index contributed by atoms with van der Waals surface area (Å²) in [5.41, 5.74) is -1.40. The van der Waals surface area contributed by atoms with E-state index < -0.39 is 27.3 Å². The van der Waals surface area contributed by atoms with E-state index in [1.165, 1.54) is 7.11 Å².